The number of carbonyl (C=O) groups is 2. The van der Waals surface area contributed by atoms with Crippen molar-refractivity contribution in [1.29, 1.82) is 0 Å². The van der Waals surface area contributed by atoms with Gasteiger partial charge in [-0.2, -0.15) is 5.10 Å². The summed E-state index contributed by atoms with van der Waals surface area (Å²) in [6, 6.07) is 0. The molecule has 8 nitrogen and oxygen atoms in total. The van der Waals surface area contributed by atoms with E-state index in [1.807, 2.05) is 49.3 Å². The molecule has 0 atom stereocenters. The number of aryl methyl sites for hydroxylation is 1. The fourth-order valence-electron chi connectivity index (χ4n) is 4.71. The van der Waals surface area contributed by atoms with E-state index in [0.29, 0.717) is 32.5 Å². The molecule has 2 aromatic heterocycles. The van der Waals surface area contributed by atoms with Crippen molar-refractivity contribution in [3.63, 3.8) is 0 Å². The number of likely N-dealkylation sites (tertiary alicyclic amines) is 1. The minimum atomic E-state index is -0.446. The van der Waals surface area contributed by atoms with Gasteiger partial charge >= 0.3 is 0 Å². The molecule has 1 fully saturated rings. The molecule has 0 aliphatic carbocycles. The lowest BCUT2D eigenvalue weighted by Crippen LogP contribution is -2.60. The molecule has 0 N–H and O–H groups in total. The zero-order chi connectivity index (χ0) is 20.1. The van der Waals surface area contributed by atoms with Gasteiger partial charge in [-0.15, -0.1) is 0 Å². The van der Waals surface area contributed by atoms with Crippen LogP contribution in [0, 0.1) is 5.92 Å². The quantitative estimate of drug-likeness (QED) is 0.788. The van der Waals surface area contributed by atoms with Crippen LogP contribution in [0.3, 0.4) is 0 Å². The van der Waals surface area contributed by atoms with E-state index in [1.54, 1.807) is 11.6 Å². The van der Waals surface area contributed by atoms with Crippen LogP contribution < -0.4 is 0 Å². The molecule has 4 rings (SSSR count). The normalized spacial score (nSPS) is 18.6. The number of piperidine rings is 1. The molecule has 150 valence electrons. The van der Waals surface area contributed by atoms with Crippen LogP contribution in [0.2, 0.25) is 0 Å². The summed E-state index contributed by atoms with van der Waals surface area (Å²) in [5.41, 5.74) is 1.62. The van der Waals surface area contributed by atoms with Crippen molar-refractivity contribution in [2.45, 2.75) is 45.7 Å². The Labute approximate surface area is 165 Å². The summed E-state index contributed by atoms with van der Waals surface area (Å²) in [5.74, 6) is 1.17. The molecule has 0 radical (unpaired) electrons. The van der Waals surface area contributed by atoms with Crippen molar-refractivity contribution < 1.29 is 9.59 Å². The van der Waals surface area contributed by atoms with Crippen molar-refractivity contribution in [2.75, 3.05) is 19.6 Å². The molecule has 8 heteroatoms. The number of hydrogen-bond acceptors (Lipinski definition) is 4. The highest BCUT2D eigenvalue weighted by molar-refractivity contribution is 5.78. The molecule has 2 aliphatic heterocycles. The third-order valence-corrected chi connectivity index (χ3v) is 6.11. The predicted octanol–water partition coefficient (Wildman–Crippen LogP) is 1.62. The van der Waals surface area contributed by atoms with Gasteiger partial charge in [0.05, 0.1) is 18.1 Å². The van der Waals surface area contributed by atoms with Gasteiger partial charge in [-0.3, -0.25) is 14.3 Å². The Bertz CT molecular complexity index is 904. The minimum absolute atomic E-state index is 0.0107. The molecule has 2 aliphatic rings. The summed E-state index contributed by atoms with van der Waals surface area (Å²) >= 11 is 0. The SMILES string of the molecule is CC(=O)N1CCn2c(-c3cnn(C)c3)cnc2C12CCN(C(=O)C(C)C)CC2. The zero-order valence-electron chi connectivity index (χ0n) is 17.1. The summed E-state index contributed by atoms with van der Waals surface area (Å²) in [7, 11) is 1.90. The maximum absolute atomic E-state index is 12.5. The van der Waals surface area contributed by atoms with Crippen LogP contribution >= 0.6 is 0 Å². The van der Waals surface area contributed by atoms with E-state index in [4.69, 9.17) is 4.98 Å². The second-order valence-corrected chi connectivity index (χ2v) is 8.20. The molecular formula is C20H28N6O2. The third-order valence-electron chi connectivity index (χ3n) is 6.11. The third kappa shape index (κ3) is 2.82. The number of imidazole rings is 1. The first-order chi connectivity index (χ1) is 13.3. The first kappa shape index (κ1) is 18.7. The van der Waals surface area contributed by atoms with Crippen molar-refractivity contribution in [3.8, 4) is 11.3 Å². The van der Waals surface area contributed by atoms with Crippen LogP contribution in [0.1, 0.15) is 39.4 Å². The van der Waals surface area contributed by atoms with E-state index in [2.05, 4.69) is 9.67 Å². The molecule has 0 bridgehead atoms. The Morgan fingerprint density at radius 2 is 1.82 bits per heavy atom. The van der Waals surface area contributed by atoms with Crippen LogP contribution in [-0.2, 0) is 28.7 Å². The van der Waals surface area contributed by atoms with Crippen molar-refractivity contribution in [1.82, 2.24) is 29.1 Å². The largest absolute Gasteiger partial charge is 0.342 e. The van der Waals surface area contributed by atoms with Gasteiger partial charge in [0.25, 0.3) is 0 Å². The molecule has 0 aromatic carbocycles. The molecule has 2 aromatic rings. The lowest BCUT2D eigenvalue weighted by atomic mass is 9.82. The minimum Gasteiger partial charge on any atom is -0.342 e. The molecule has 4 heterocycles. The Hall–Kier alpha value is -2.64. The van der Waals surface area contributed by atoms with E-state index >= 15 is 0 Å². The van der Waals surface area contributed by atoms with Crippen LogP contribution in [0.5, 0.6) is 0 Å². The Balaban J connectivity index is 1.71. The lowest BCUT2D eigenvalue weighted by molar-refractivity contribution is -0.145. The molecular weight excluding hydrogens is 356 g/mol. The smallest absolute Gasteiger partial charge is 0.225 e. The summed E-state index contributed by atoms with van der Waals surface area (Å²) in [4.78, 5) is 33.6. The number of fused-ring (bicyclic) bond motifs is 2. The summed E-state index contributed by atoms with van der Waals surface area (Å²) in [6.07, 6.45) is 7.16. The average molecular weight is 384 g/mol. The number of aromatic nitrogens is 4. The fourth-order valence-corrected chi connectivity index (χ4v) is 4.71. The highest BCUT2D eigenvalue weighted by Crippen LogP contribution is 2.42. The fraction of sp³-hybridized carbons (Fsp3) is 0.600. The van der Waals surface area contributed by atoms with Crippen LogP contribution in [-0.4, -0.2) is 60.6 Å². The van der Waals surface area contributed by atoms with E-state index in [1.165, 1.54) is 0 Å². The maximum atomic E-state index is 12.5. The molecule has 28 heavy (non-hydrogen) atoms. The second-order valence-electron chi connectivity index (χ2n) is 8.20. The molecule has 0 saturated carbocycles. The first-order valence-corrected chi connectivity index (χ1v) is 9.95. The zero-order valence-corrected chi connectivity index (χ0v) is 17.1. The van der Waals surface area contributed by atoms with Gasteiger partial charge in [-0.25, -0.2) is 4.98 Å². The molecule has 2 amide bonds. The van der Waals surface area contributed by atoms with Gasteiger partial charge in [-0.1, -0.05) is 13.8 Å². The van der Waals surface area contributed by atoms with E-state index in [0.717, 1.165) is 23.6 Å². The molecule has 1 saturated heterocycles. The summed E-state index contributed by atoms with van der Waals surface area (Å²) in [5, 5.41) is 4.28. The Morgan fingerprint density at radius 1 is 1.11 bits per heavy atom. The summed E-state index contributed by atoms with van der Waals surface area (Å²) < 4.78 is 4.02. The van der Waals surface area contributed by atoms with Gasteiger partial charge < -0.3 is 14.4 Å². The average Bonchev–Trinajstić information content (AvgIpc) is 3.28. The second kappa shape index (κ2) is 6.76. The lowest BCUT2D eigenvalue weighted by Gasteiger charge is -2.50. The number of carbonyl (C=O) groups excluding carboxylic acids is 2. The highest BCUT2D eigenvalue weighted by Gasteiger charge is 2.49. The molecule has 1 spiro atoms. The predicted molar refractivity (Wildman–Crippen MR) is 104 cm³/mol. The van der Waals surface area contributed by atoms with Crippen LogP contribution in [0.4, 0.5) is 0 Å². The van der Waals surface area contributed by atoms with Gasteiger partial charge in [0.2, 0.25) is 11.8 Å². The Morgan fingerprint density at radius 3 is 2.39 bits per heavy atom. The topological polar surface area (TPSA) is 76.3 Å². The van der Waals surface area contributed by atoms with E-state index in [9.17, 15) is 9.59 Å². The number of rotatable bonds is 2. The monoisotopic (exact) mass is 384 g/mol. The van der Waals surface area contributed by atoms with E-state index < -0.39 is 5.54 Å². The highest BCUT2D eigenvalue weighted by atomic mass is 16.2. The Kier molecular flexibility index (Phi) is 4.51. The van der Waals surface area contributed by atoms with Gasteiger partial charge in [0.15, 0.2) is 0 Å². The number of amides is 2. The summed E-state index contributed by atoms with van der Waals surface area (Å²) in [6.45, 7) is 8.17. The molecule has 0 unspecified atom stereocenters. The van der Waals surface area contributed by atoms with Crippen molar-refractivity contribution >= 4 is 11.8 Å². The van der Waals surface area contributed by atoms with Crippen molar-refractivity contribution in [2.24, 2.45) is 13.0 Å². The van der Waals surface area contributed by atoms with Crippen molar-refractivity contribution in [3.05, 3.63) is 24.4 Å². The van der Waals surface area contributed by atoms with Crippen LogP contribution in [0.25, 0.3) is 11.3 Å². The number of nitrogens with zero attached hydrogens (tertiary/aromatic N) is 6. The number of hydrogen-bond donors (Lipinski definition) is 0. The van der Waals surface area contributed by atoms with Gasteiger partial charge in [0.1, 0.15) is 11.4 Å². The van der Waals surface area contributed by atoms with Gasteiger partial charge in [0, 0.05) is 57.8 Å². The maximum Gasteiger partial charge on any atom is 0.225 e. The van der Waals surface area contributed by atoms with Gasteiger partial charge in [-0.05, 0) is 12.8 Å². The standard InChI is InChI=1S/C20H28N6O2/c1-14(2)18(28)24-7-5-20(6-8-24)19-21-12-17(16-11-22-23(4)13-16)25(19)9-10-26(20)15(3)27/h11-14H,5-10H2,1-4H3. The first-order valence-electron chi connectivity index (χ1n) is 9.95. The van der Waals surface area contributed by atoms with E-state index in [-0.39, 0.29) is 17.7 Å². The van der Waals surface area contributed by atoms with Crippen LogP contribution in [0.15, 0.2) is 18.6 Å².